The lowest BCUT2D eigenvalue weighted by atomic mass is 9.94. The number of nitrogens with one attached hydrogen (secondary N) is 3. The first-order chi connectivity index (χ1) is 26.5. The fourth-order valence-electron chi connectivity index (χ4n) is 6.51. The van der Waals surface area contributed by atoms with E-state index in [1.807, 2.05) is 71.6 Å². The highest BCUT2D eigenvalue weighted by molar-refractivity contribution is 8.01. The Kier molecular flexibility index (Phi) is 11.8. The summed E-state index contributed by atoms with van der Waals surface area (Å²) in [5.41, 5.74) is -0.605. The van der Waals surface area contributed by atoms with Gasteiger partial charge >= 0.3 is 17.8 Å². The van der Waals surface area contributed by atoms with Crippen LogP contribution in [0.1, 0.15) is 24.1 Å². The number of fused-ring (bicyclic) bond motifs is 1. The van der Waals surface area contributed by atoms with E-state index in [0.717, 1.165) is 27.1 Å². The van der Waals surface area contributed by atoms with Gasteiger partial charge in [0, 0.05) is 48.2 Å². The maximum Gasteiger partial charge on any atom is 0.325 e. The SMILES string of the molecule is CCN1CCN(C(=O)N[C@@H](C(=O)N[C@]2(NC=O)C(=O)N3C(C(=O)[O-])=C(CSc4cc[n+](N(C)Cc5ccccc5)cc4)CS[C@@H]32)c2ccccc2)C(=O)C1=O. The van der Waals surface area contributed by atoms with Crippen molar-refractivity contribution in [1.29, 1.82) is 0 Å². The highest BCUT2D eigenvalue weighted by Gasteiger charge is 2.65. The number of carboxylic acids is 1. The van der Waals surface area contributed by atoms with Crippen molar-refractivity contribution in [3.05, 3.63) is 108 Å². The standard InChI is InChI=1S/C37H38N8O8S2/c1-3-42-18-19-44(32(49)31(42)48)36(53)39-28(25-12-8-5-9-13-25)30(47)40-37(38-23-46)34(52)45-29(33(50)51)26(22-55-35(37)45)21-54-27-14-16-43(17-15-27)41(2)20-24-10-6-4-7-11-24/h4-17,23,28,35H,3,18-22H2,1-2H3,(H3-,38,39,40,46,47,50,51,53)/t28-,35-,37-/m1/s1. The Hall–Kier alpha value is -5.88. The van der Waals surface area contributed by atoms with Crippen molar-refractivity contribution in [2.45, 2.75) is 35.4 Å². The number of piperazine rings is 1. The number of imide groups is 1. The van der Waals surface area contributed by atoms with E-state index in [1.54, 1.807) is 25.1 Å². The molecule has 0 unspecified atom stereocenters. The second kappa shape index (κ2) is 16.6. The van der Waals surface area contributed by atoms with Gasteiger partial charge in [-0.05, 0) is 23.6 Å². The molecule has 286 valence electrons. The largest absolute Gasteiger partial charge is 0.543 e. The van der Waals surface area contributed by atoms with Gasteiger partial charge in [0.2, 0.25) is 30.4 Å². The number of β-lactam (4-membered cyclic amide) rings is 1. The molecule has 18 heteroatoms. The van der Waals surface area contributed by atoms with Gasteiger partial charge in [0.15, 0.2) is 0 Å². The third-order valence-corrected chi connectivity index (χ3v) is 11.9. The van der Waals surface area contributed by atoms with Crippen LogP contribution in [0.4, 0.5) is 4.79 Å². The molecule has 1 aromatic heterocycles. The predicted molar refractivity (Wildman–Crippen MR) is 199 cm³/mol. The van der Waals surface area contributed by atoms with E-state index < -0.39 is 52.7 Å². The van der Waals surface area contributed by atoms with E-state index in [-0.39, 0.29) is 48.8 Å². The van der Waals surface area contributed by atoms with Gasteiger partial charge in [-0.1, -0.05) is 65.3 Å². The summed E-state index contributed by atoms with van der Waals surface area (Å²) in [5.74, 6) is -5.03. The highest BCUT2D eigenvalue weighted by atomic mass is 32.2. The minimum absolute atomic E-state index is 0.106. The number of amides is 7. The number of urea groups is 1. The van der Waals surface area contributed by atoms with E-state index in [9.17, 15) is 38.7 Å². The summed E-state index contributed by atoms with van der Waals surface area (Å²) in [6.45, 7) is 2.67. The van der Waals surface area contributed by atoms with Crippen LogP contribution < -0.4 is 30.7 Å². The Morgan fingerprint density at radius 1 is 1.02 bits per heavy atom. The first kappa shape index (κ1) is 38.8. The summed E-state index contributed by atoms with van der Waals surface area (Å²) in [6.07, 6.45) is 4.00. The van der Waals surface area contributed by atoms with Crippen LogP contribution in [-0.2, 0) is 35.3 Å². The van der Waals surface area contributed by atoms with E-state index in [2.05, 4.69) is 16.0 Å². The second-order valence-electron chi connectivity index (χ2n) is 12.8. The zero-order chi connectivity index (χ0) is 39.3. The molecule has 3 aromatic rings. The number of carboxylic acid groups (broad SMARTS) is 1. The third-order valence-electron chi connectivity index (χ3n) is 9.40. The van der Waals surface area contributed by atoms with Crippen molar-refractivity contribution in [1.82, 2.24) is 30.7 Å². The molecule has 0 radical (unpaired) electrons. The summed E-state index contributed by atoms with van der Waals surface area (Å²) in [5, 5.41) is 20.9. The van der Waals surface area contributed by atoms with Gasteiger partial charge in [-0.3, -0.25) is 33.8 Å². The lowest BCUT2D eigenvalue weighted by molar-refractivity contribution is -0.692. The number of benzene rings is 2. The quantitative estimate of drug-likeness (QED) is 0.0474. The van der Waals surface area contributed by atoms with Gasteiger partial charge in [-0.2, -0.15) is 5.01 Å². The van der Waals surface area contributed by atoms with Crippen LogP contribution in [0, 0.1) is 0 Å². The lowest BCUT2D eigenvalue weighted by Gasteiger charge is -2.57. The Labute approximate surface area is 324 Å². The number of hydrogen-bond acceptors (Lipinski definition) is 11. The third kappa shape index (κ3) is 7.86. The van der Waals surface area contributed by atoms with Gasteiger partial charge in [0.25, 0.3) is 5.91 Å². The molecule has 7 amide bonds. The molecule has 0 saturated carbocycles. The number of carbonyl (C=O) groups is 7. The summed E-state index contributed by atoms with van der Waals surface area (Å²) in [6, 6.07) is 19.3. The minimum atomic E-state index is -2.09. The first-order valence-corrected chi connectivity index (χ1v) is 19.3. The maximum atomic E-state index is 14.0. The van der Waals surface area contributed by atoms with Gasteiger partial charge in [0.05, 0.1) is 25.3 Å². The van der Waals surface area contributed by atoms with Crippen LogP contribution >= 0.6 is 23.5 Å². The van der Waals surface area contributed by atoms with Crippen LogP contribution in [-0.4, -0.2) is 106 Å². The Bertz CT molecular complexity index is 2020. The fraction of sp³-hybridized carbons (Fsp3) is 0.297. The zero-order valence-corrected chi connectivity index (χ0v) is 31.5. The summed E-state index contributed by atoms with van der Waals surface area (Å²) in [7, 11) is 1.96. The fourth-order valence-corrected chi connectivity index (χ4v) is 8.96. The molecular weight excluding hydrogens is 749 g/mol. The predicted octanol–water partition coefficient (Wildman–Crippen LogP) is -0.547. The van der Waals surface area contributed by atoms with Crippen LogP contribution in [0.3, 0.4) is 0 Å². The normalized spacial score (nSPS) is 19.9. The number of nitrogens with zero attached hydrogens (tertiary/aromatic N) is 5. The topological polar surface area (TPSA) is 195 Å². The number of thioether (sulfide) groups is 2. The van der Waals surface area contributed by atoms with Crippen molar-refractivity contribution in [2.75, 3.05) is 43.2 Å². The molecule has 0 spiro atoms. The number of hydrogen-bond donors (Lipinski definition) is 3. The molecular formula is C37H38N8O8S2. The molecule has 3 N–H and O–H groups in total. The van der Waals surface area contributed by atoms with Crippen LogP contribution in [0.25, 0.3) is 0 Å². The van der Waals surface area contributed by atoms with Crippen molar-refractivity contribution >= 4 is 65.6 Å². The minimum Gasteiger partial charge on any atom is -0.543 e. The summed E-state index contributed by atoms with van der Waals surface area (Å²) in [4.78, 5) is 94.8. The molecule has 2 fully saturated rings. The first-order valence-electron chi connectivity index (χ1n) is 17.3. The van der Waals surface area contributed by atoms with E-state index >= 15 is 0 Å². The molecule has 3 atom stereocenters. The molecule has 3 aliphatic rings. The van der Waals surface area contributed by atoms with Crippen molar-refractivity contribution in [2.24, 2.45) is 0 Å². The van der Waals surface area contributed by atoms with Crippen molar-refractivity contribution in [3.63, 3.8) is 0 Å². The van der Waals surface area contributed by atoms with Crippen LogP contribution in [0.5, 0.6) is 0 Å². The van der Waals surface area contributed by atoms with Gasteiger partial charge < -0.3 is 30.8 Å². The van der Waals surface area contributed by atoms with Gasteiger partial charge in [-0.15, -0.1) is 23.5 Å². The smallest absolute Gasteiger partial charge is 0.325 e. The van der Waals surface area contributed by atoms with Gasteiger partial charge in [0.1, 0.15) is 11.4 Å². The number of aliphatic carboxylic acids is 1. The van der Waals surface area contributed by atoms with Crippen LogP contribution in [0.15, 0.2) is 101 Å². The molecule has 55 heavy (non-hydrogen) atoms. The average molecular weight is 787 g/mol. The number of likely N-dealkylation sites (N-methyl/N-ethyl adjacent to an activating group) is 1. The zero-order valence-electron chi connectivity index (χ0n) is 29.9. The second-order valence-corrected chi connectivity index (χ2v) is 14.9. The molecule has 2 aromatic carbocycles. The number of rotatable bonds is 14. The summed E-state index contributed by atoms with van der Waals surface area (Å²) < 4.78 is 1.93. The Balaban J connectivity index is 1.17. The number of pyridine rings is 1. The van der Waals surface area contributed by atoms with Crippen LogP contribution in [0.2, 0.25) is 0 Å². The number of carbonyl (C=O) groups excluding carboxylic acids is 7. The van der Waals surface area contributed by atoms with E-state index in [1.165, 1.54) is 28.8 Å². The molecule has 3 aliphatic heterocycles. The molecule has 2 saturated heterocycles. The van der Waals surface area contributed by atoms with Crippen molar-refractivity contribution in [3.8, 4) is 0 Å². The molecule has 0 bridgehead atoms. The molecule has 0 aliphatic carbocycles. The lowest BCUT2D eigenvalue weighted by Crippen LogP contribution is -2.85. The molecule has 4 heterocycles. The average Bonchev–Trinajstić information content (AvgIpc) is 3.20. The highest BCUT2D eigenvalue weighted by Crippen LogP contribution is 2.45. The summed E-state index contributed by atoms with van der Waals surface area (Å²) >= 11 is 2.51. The maximum absolute atomic E-state index is 14.0. The van der Waals surface area contributed by atoms with E-state index in [0.29, 0.717) is 17.0 Å². The van der Waals surface area contributed by atoms with E-state index in [4.69, 9.17) is 0 Å². The number of aromatic nitrogens is 1. The molecule has 16 nitrogen and oxygen atoms in total. The Morgan fingerprint density at radius 2 is 1.69 bits per heavy atom. The van der Waals surface area contributed by atoms with Crippen molar-refractivity contribution < 1.29 is 43.3 Å². The monoisotopic (exact) mass is 786 g/mol. The molecule has 6 rings (SSSR count). The Morgan fingerprint density at radius 3 is 2.33 bits per heavy atom. The van der Waals surface area contributed by atoms with Gasteiger partial charge in [-0.25, -0.2) is 4.79 Å².